The molecule has 0 aliphatic heterocycles. The molecule has 2 fully saturated rings. The van der Waals surface area contributed by atoms with Crippen molar-refractivity contribution in [2.75, 3.05) is 6.54 Å². The number of carboxylic acids is 1. The van der Waals surface area contributed by atoms with Crippen molar-refractivity contribution in [3.8, 4) is 0 Å². The lowest BCUT2D eigenvalue weighted by Crippen LogP contribution is -2.36. The van der Waals surface area contributed by atoms with E-state index in [0.29, 0.717) is 12.3 Å². The molecule has 0 aromatic carbocycles. The Morgan fingerprint density at radius 1 is 1.31 bits per heavy atom. The average molecular weight is 225 g/mol. The van der Waals surface area contributed by atoms with Crippen LogP contribution in [0.2, 0.25) is 0 Å². The van der Waals surface area contributed by atoms with Gasteiger partial charge in [0.2, 0.25) is 5.91 Å². The minimum absolute atomic E-state index is 0.0519. The SMILES string of the molecule is CC1CC1CNC(=O)C1CCCC1C(=O)O. The van der Waals surface area contributed by atoms with E-state index < -0.39 is 11.9 Å². The molecule has 2 N–H and O–H groups in total. The molecule has 2 saturated carbocycles. The monoisotopic (exact) mass is 225 g/mol. The van der Waals surface area contributed by atoms with Crippen LogP contribution in [0.15, 0.2) is 0 Å². The second kappa shape index (κ2) is 4.44. The maximum Gasteiger partial charge on any atom is 0.307 e. The Morgan fingerprint density at radius 3 is 2.50 bits per heavy atom. The summed E-state index contributed by atoms with van der Waals surface area (Å²) in [5.41, 5.74) is 0. The van der Waals surface area contributed by atoms with Crippen LogP contribution in [0.25, 0.3) is 0 Å². The largest absolute Gasteiger partial charge is 0.481 e. The van der Waals surface area contributed by atoms with Gasteiger partial charge in [-0.3, -0.25) is 9.59 Å². The number of rotatable bonds is 4. The van der Waals surface area contributed by atoms with Crippen molar-refractivity contribution < 1.29 is 14.7 Å². The maximum atomic E-state index is 11.8. The number of hydrogen-bond acceptors (Lipinski definition) is 2. The molecule has 0 radical (unpaired) electrons. The minimum Gasteiger partial charge on any atom is -0.481 e. The van der Waals surface area contributed by atoms with Crippen molar-refractivity contribution >= 4 is 11.9 Å². The van der Waals surface area contributed by atoms with Gasteiger partial charge in [-0.2, -0.15) is 0 Å². The molecular weight excluding hydrogens is 206 g/mol. The van der Waals surface area contributed by atoms with Gasteiger partial charge in [0, 0.05) is 6.54 Å². The van der Waals surface area contributed by atoms with Crippen LogP contribution < -0.4 is 5.32 Å². The topological polar surface area (TPSA) is 66.4 Å². The highest BCUT2D eigenvalue weighted by atomic mass is 16.4. The number of carboxylic acid groups (broad SMARTS) is 1. The molecule has 4 heteroatoms. The first kappa shape index (κ1) is 11.4. The van der Waals surface area contributed by atoms with Gasteiger partial charge in [0.15, 0.2) is 0 Å². The average Bonchev–Trinajstić information content (AvgIpc) is 2.78. The number of hydrogen-bond donors (Lipinski definition) is 2. The second-order valence-electron chi connectivity index (χ2n) is 5.20. The second-order valence-corrected chi connectivity index (χ2v) is 5.20. The van der Waals surface area contributed by atoms with Crippen molar-refractivity contribution in [2.24, 2.45) is 23.7 Å². The molecule has 0 heterocycles. The van der Waals surface area contributed by atoms with E-state index in [-0.39, 0.29) is 11.8 Å². The highest BCUT2D eigenvalue weighted by molar-refractivity contribution is 5.85. The predicted octanol–water partition coefficient (Wildman–Crippen LogP) is 1.26. The first-order valence-corrected chi connectivity index (χ1v) is 6.10. The van der Waals surface area contributed by atoms with E-state index in [4.69, 9.17) is 5.11 Å². The maximum absolute atomic E-state index is 11.8. The van der Waals surface area contributed by atoms with Crippen molar-refractivity contribution in [3.05, 3.63) is 0 Å². The first-order valence-electron chi connectivity index (χ1n) is 6.10. The summed E-state index contributed by atoms with van der Waals surface area (Å²) < 4.78 is 0. The molecule has 2 aliphatic carbocycles. The third-order valence-corrected chi connectivity index (χ3v) is 3.98. The Kier molecular flexibility index (Phi) is 3.17. The summed E-state index contributed by atoms with van der Waals surface area (Å²) in [6, 6.07) is 0. The Bertz CT molecular complexity index is 303. The quantitative estimate of drug-likeness (QED) is 0.757. The van der Waals surface area contributed by atoms with Crippen LogP contribution in [0.3, 0.4) is 0 Å². The lowest BCUT2D eigenvalue weighted by Gasteiger charge is -2.15. The molecule has 90 valence electrons. The molecule has 2 rings (SSSR count). The van der Waals surface area contributed by atoms with Crippen molar-refractivity contribution in [1.29, 1.82) is 0 Å². The lowest BCUT2D eigenvalue weighted by molar-refractivity contribution is -0.146. The van der Waals surface area contributed by atoms with E-state index in [1.165, 1.54) is 6.42 Å². The molecule has 2 aliphatic rings. The van der Waals surface area contributed by atoms with E-state index >= 15 is 0 Å². The number of carbonyl (C=O) groups excluding carboxylic acids is 1. The fraction of sp³-hybridized carbons (Fsp3) is 0.833. The van der Waals surface area contributed by atoms with Gasteiger partial charge in [0.05, 0.1) is 11.8 Å². The highest BCUT2D eigenvalue weighted by Gasteiger charge is 2.39. The fourth-order valence-corrected chi connectivity index (χ4v) is 2.62. The summed E-state index contributed by atoms with van der Waals surface area (Å²) in [5.74, 6) is -0.294. The van der Waals surface area contributed by atoms with Gasteiger partial charge in [-0.25, -0.2) is 0 Å². The molecule has 0 bridgehead atoms. The minimum atomic E-state index is -0.822. The normalized spacial score (nSPS) is 37.1. The zero-order chi connectivity index (χ0) is 11.7. The van der Waals surface area contributed by atoms with E-state index in [1.807, 2.05) is 0 Å². The van der Waals surface area contributed by atoms with Gasteiger partial charge in [-0.1, -0.05) is 13.3 Å². The van der Waals surface area contributed by atoms with Crippen LogP contribution in [0.4, 0.5) is 0 Å². The van der Waals surface area contributed by atoms with E-state index in [2.05, 4.69) is 12.2 Å². The molecule has 0 aromatic rings. The summed E-state index contributed by atoms with van der Waals surface area (Å²) >= 11 is 0. The van der Waals surface area contributed by atoms with Crippen LogP contribution in [0.5, 0.6) is 0 Å². The molecule has 16 heavy (non-hydrogen) atoms. The molecular formula is C12H19NO3. The number of aliphatic carboxylic acids is 1. The Hall–Kier alpha value is -1.06. The van der Waals surface area contributed by atoms with Gasteiger partial charge in [0.25, 0.3) is 0 Å². The van der Waals surface area contributed by atoms with Gasteiger partial charge < -0.3 is 10.4 Å². The van der Waals surface area contributed by atoms with E-state index in [9.17, 15) is 9.59 Å². The molecule has 0 saturated heterocycles. The van der Waals surface area contributed by atoms with Crippen LogP contribution in [-0.2, 0) is 9.59 Å². The zero-order valence-corrected chi connectivity index (χ0v) is 9.61. The summed E-state index contributed by atoms with van der Waals surface area (Å²) in [6.07, 6.45) is 3.42. The van der Waals surface area contributed by atoms with Gasteiger partial charge in [-0.15, -0.1) is 0 Å². The zero-order valence-electron chi connectivity index (χ0n) is 9.61. The van der Waals surface area contributed by atoms with Crippen LogP contribution in [0.1, 0.15) is 32.6 Å². The summed E-state index contributed by atoms with van der Waals surface area (Å²) in [7, 11) is 0. The molecule has 4 atom stereocenters. The predicted molar refractivity (Wildman–Crippen MR) is 58.7 cm³/mol. The summed E-state index contributed by atoms with van der Waals surface area (Å²) in [5, 5.41) is 11.9. The molecule has 4 nitrogen and oxygen atoms in total. The van der Waals surface area contributed by atoms with Crippen molar-refractivity contribution in [3.63, 3.8) is 0 Å². The van der Waals surface area contributed by atoms with Crippen LogP contribution in [0, 0.1) is 23.7 Å². The molecule has 1 amide bonds. The standard InChI is InChI=1S/C12H19NO3/c1-7-5-8(7)6-13-11(14)9-3-2-4-10(9)12(15)16/h7-10H,2-6H2,1H3,(H,13,14)(H,15,16). The van der Waals surface area contributed by atoms with Crippen LogP contribution in [-0.4, -0.2) is 23.5 Å². The number of carbonyl (C=O) groups is 2. The fourth-order valence-electron chi connectivity index (χ4n) is 2.62. The van der Waals surface area contributed by atoms with Gasteiger partial charge >= 0.3 is 5.97 Å². The first-order chi connectivity index (χ1) is 7.59. The Labute approximate surface area is 95.4 Å². The smallest absolute Gasteiger partial charge is 0.307 e. The van der Waals surface area contributed by atoms with E-state index in [1.54, 1.807) is 0 Å². The third-order valence-electron chi connectivity index (χ3n) is 3.98. The highest BCUT2D eigenvalue weighted by Crippen LogP contribution is 2.37. The molecule has 0 spiro atoms. The number of nitrogens with one attached hydrogen (secondary N) is 1. The van der Waals surface area contributed by atoms with Crippen LogP contribution >= 0.6 is 0 Å². The number of amides is 1. The van der Waals surface area contributed by atoms with Gasteiger partial charge in [0.1, 0.15) is 0 Å². The third kappa shape index (κ3) is 2.36. The lowest BCUT2D eigenvalue weighted by atomic mass is 9.95. The van der Waals surface area contributed by atoms with Crippen molar-refractivity contribution in [2.45, 2.75) is 32.6 Å². The molecule has 0 aromatic heterocycles. The summed E-state index contributed by atoms with van der Waals surface area (Å²) in [6.45, 7) is 2.90. The molecule has 4 unspecified atom stereocenters. The summed E-state index contributed by atoms with van der Waals surface area (Å²) in [4.78, 5) is 22.8. The Morgan fingerprint density at radius 2 is 1.94 bits per heavy atom. The van der Waals surface area contributed by atoms with E-state index in [0.717, 1.165) is 25.3 Å². The van der Waals surface area contributed by atoms with Crippen molar-refractivity contribution in [1.82, 2.24) is 5.32 Å². The van der Waals surface area contributed by atoms with Gasteiger partial charge in [-0.05, 0) is 31.1 Å². The Balaban J connectivity index is 1.81.